The van der Waals surface area contributed by atoms with Crippen LogP contribution in [0.2, 0.25) is 0 Å². The minimum atomic E-state index is -0.477. The highest BCUT2D eigenvalue weighted by Crippen LogP contribution is 2.40. The minimum absolute atomic E-state index is 0.0172. The fourth-order valence-corrected chi connectivity index (χ4v) is 9.33. The Bertz CT molecular complexity index is 2190. The van der Waals surface area contributed by atoms with Crippen LogP contribution in [0.4, 0.5) is 11.4 Å². The smallest absolute Gasteiger partial charge is 0.341 e. The quantitative estimate of drug-likeness (QED) is 0.143. The molecule has 4 aromatic carbocycles. The molecule has 0 saturated carbocycles. The molecule has 3 heterocycles. The van der Waals surface area contributed by atoms with Gasteiger partial charge in [-0.05, 0) is 115 Å². The van der Waals surface area contributed by atoms with Crippen molar-refractivity contribution in [3.63, 3.8) is 0 Å². The van der Waals surface area contributed by atoms with Gasteiger partial charge in [0.15, 0.2) is 0 Å². The first-order valence-corrected chi connectivity index (χ1v) is 20.8. The number of hydrogen-bond acceptors (Lipinski definition) is 5. The third-order valence-electron chi connectivity index (χ3n) is 12.6. The Labute approximate surface area is 336 Å². The number of anilines is 1. The van der Waals surface area contributed by atoms with Crippen LogP contribution in [0, 0.1) is 6.92 Å². The lowest BCUT2D eigenvalue weighted by atomic mass is 9.92. The number of amides is 4. The maximum atomic E-state index is 14.4. The maximum Gasteiger partial charge on any atom is 0.341 e. The molecule has 4 amide bonds. The Hall–Kier alpha value is -5.54. The summed E-state index contributed by atoms with van der Waals surface area (Å²) in [5, 5.41) is 3.14. The van der Waals surface area contributed by atoms with Gasteiger partial charge in [-0.15, -0.1) is 0 Å². The summed E-state index contributed by atoms with van der Waals surface area (Å²) in [6.07, 6.45) is 7.83. The second kappa shape index (κ2) is 16.5. The van der Waals surface area contributed by atoms with Crippen molar-refractivity contribution in [1.29, 1.82) is 0 Å². The molecule has 3 N–H and O–H groups in total. The van der Waals surface area contributed by atoms with Crippen LogP contribution in [-0.4, -0.2) is 71.7 Å². The average molecular weight is 765 g/mol. The number of fused-ring (bicyclic) bond motifs is 1. The van der Waals surface area contributed by atoms with Gasteiger partial charge in [0.25, 0.3) is 0 Å². The van der Waals surface area contributed by atoms with Crippen LogP contribution in [0.25, 0.3) is 5.57 Å². The molecule has 9 heteroatoms. The van der Waals surface area contributed by atoms with Gasteiger partial charge in [-0.3, -0.25) is 14.4 Å². The predicted molar refractivity (Wildman–Crippen MR) is 225 cm³/mol. The molecule has 0 radical (unpaired) electrons. The largest absolute Gasteiger partial charge is 0.402 e. The Morgan fingerprint density at radius 2 is 1.32 bits per heavy atom. The number of allylic oxidation sites excluding steroid dienone is 2. The van der Waals surface area contributed by atoms with Crippen LogP contribution in [0.15, 0.2) is 103 Å². The molecule has 3 aliphatic heterocycles. The molecule has 8 rings (SSSR count). The van der Waals surface area contributed by atoms with Gasteiger partial charge in [0.2, 0.25) is 17.7 Å². The van der Waals surface area contributed by atoms with Crippen molar-refractivity contribution in [3.05, 3.63) is 136 Å². The zero-order valence-corrected chi connectivity index (χ0v) is 33.1. The highest BCUT2D eigenvalue weighted by Gasteiger charge is 2.57. The number of rotatable bonds is 9. The van der Waals surface area contributed by atoms with Crippen molar-refractivity contribution in [3.8, 4) is 0 Å². The van der Waals surface area contributed by atoms with Crippen molar-refractivity contribution in [2.45, 2.75) is 89.6 Å². The molecule has 0 aromatic heterocycles. The summed E-state index contributed by atoms with van der Waals surface area (Å²) in [5.74, 6) is -0.0158. The minimum Gasteiger partial charge on any atom is -0.402 e. The van der Waals surface area contributed by atoms with E-state index in [0.717, 1.165) is 102 Å². The van der Waals surface area contributed by atoms with Crippen LogP contribution < -0.4 is 15.5 Å². The first-order chi connectivity index (χ1) is 27.7. The van der Waals surface area contributed by atoms with Crippen molar-refractivity contribution in [1.82, 2.24) is 14.3 Å². The molecule has 57 heavy (non-hydrogen) atoms. The number of carbonyl (C=O) groups excluding carboxylic acids is 4. The van der Waals surface area contributed by atoms with E-state index in [1.54, 1.807) is 4.90 Å². The summed E-state index contributed by atoms with van der Waals surface area (Å²) in [5.41, 5.74) is 17.2. The molecule has 0 bridgehead atoms. The van der Waals surface area contributed by atoms with Gasteiger partial charge >= 0.3 is 5.91 Å². The summed E-state index contributed by atoms with van der Waals surface area (Å²) in [6.45, 7) is 4.81. The highest BCUT2D eigenvalue weighted by molar-refractivity contribution is 5.99. The number of carbonyl (C=O) groups is 4. The molecule has 3 saturated heterocycles. The Morgan fingerprint density at radius 1 is 0.702 bits per heavy atom. The number of quaternary nitrogens is 1. The Morgan fingerprint density at radius 3 is 1.96 bits per heavy atom. The molecule has 2 atom stereocenters. The number of hydrogen-bond donors (Lipinski definition) is 2. The third-order valence-corrected chi connectivity index (χ3v) is 12.6. The summed E-state index contributed by atoms with van der Waals surface area (Å²) in [7, 11) is 0. The normalized spacial score (nSPS) is 21.6. The van der Waals surface area contributed by atoms with E-state index < -0.39 is 12.1 Å². The molecular formula is C48H54N5O4+. The number of benzene rings is 4. The fraction of sp³-hybridized carbons (Fsp3) is 0.375. The van der Waals surface area contributed by atoms with Crippen LogP contribution in [0.1, 0.15) is 78.3 Å². The molecule has 9 nitrogen and oxygen atoms in total. The fourth-order valence-electron chi connectivity index (χ4n) is 9.33. The van der Waals surface area contributed by atoms with Crippen molar-refractivity contribution in [2.75, 3.05) is 31.5 Å². The van der Waals surface area contributed by atoms with E-state index in [0.29, 0.717) is 45.2 Å². The third kappa shape index (κ3) is 8.17. The first kappa shape index (κ1) is 38.3. The van der Waals surface area contributed by atoms with E-state index in [-0.39, 0.29) is 28.1 Å². The number of likely N-dealkylation sites (tertiary alicyclic amines) is 2. The van der Waals surface area contributed by atoms with Crippen LogP contribution in [0.5, 0.6) is 0 Å². The topological polar surface area (TPSA) is 113 Å². The van der Waals surface area contributed by atoms with Crippen molar-refractivity contribution >= 4 is 40.6 Å². The summed E-state index contributed by atoms with van der Waals surface area (Å²) in [4.78, 5) is 58.2. The zero-order chi connectivity index (χ0) is 39.5. The van der Waals surface area contributed by atoms with Gasteiger partial charge in [0, 0.05) is 37.0 Å². The first-order valence-electron chi connectivity index (χ1n) is 20.8. The lowest BCUT2D eigenvalue weighted by molar-refractivity contribution is -0.140. The van der Waals surface area contributed by atoms with Crippen LogP contribution in [-0.2, 0) is 44.9 Å². The molecule has 1 aliphatic carbocycles. The van der Waals surface area contributed by atoms with E-state index >= 15 is 0 Å². The molecule has 0 spiro atoms. The van der Waals surface area contributed by atoms with Crippen LogP contribution in [0.3, 0.4) is 0 Å². The second-order valence-electron chi connectivity index (χ2n) is 16.4. The van der Waals surface area contributed by atoms with Gasteiger partial charge in [-0.25, -0.2) is 9.28 Å². The monoisotopic (exact) mass is 764 g/mol. The van der Waals surface area contributed by atoms with Crippen LogP contribution >= 0.6 is 0 Å². The number of nitrogens with two attached hydrogens (primary N) is 1. The molecule has 3 fully saturated rings. The number of nitrogens with one attached hydrogen (secondary N) is 1. The SMILES string of the molecule is Cc1ccc([N+]2(C(=O)[C@@H]3CCCN3C(=O)Cc3ccccc3)CC2)cc1/C1=C(\N)Cc2ccc(NC(=O)[C@@H]3CCCN3C(=O)Cc3ccccc3)cc2CCCC1. The van der Waals surface area contributed by atoms with E-state index in [9.17, 15) is 19.2 Å². The lowest BCUT2D eigenvalue weighted by Crippen LogP contribution is -2.50. The average Bonchev–Trinajstić information content (AvgIpc) is 3.59. The Kier molecular flexibility index (Phi) is 11.1. The maximum absolute atomic E-state index is 14.4. The van der Waals surface area contributed by atoms with E-state index in [2.05, 4.69) is 42.6 Å². The Balaban J connectivity index is 0.973. The van der Waals surface area contributed by atoms with Gasteiger partial charge in [0.05, 0.1) is 12.8 Å². The highest BCUT2D eigenvalue weighted by atomic mass is 16.2. The molecule has 0 unspecified atom stereocenters. The standard InChI is InChI=1S/C48H53N5O4/c1-33-20-23-39(53(26-27-53)48(57)44-19-11-25-52(44)46(55)29-35-14-6-3-7-15-35)32-41(33)40-17-9-8-16-36-30-38(22-21-37(36)31-42(40)49)50-47(56)43-18-10-24-51(43)45(54)28-34-12-4-2-5-13-34/h2-7,12-15,20-23,30,32,43-44H,8-11,16-19,24-29,31,49H2,1H3/p+1/b42-40-/t43-,44-/m0/s1. The molecule has 294 valence electrons. The lowest BCUT2D eigenvalue weighted by Gasteiger charge is -2.27. The van der Waals surface area contributed by atoms with Gasteiger partial charge < -0.3 is 20.9 Å². The van der Waals surface area contributed by atoms with Gasteiger partial charge in [-0.1, -0.05) is 72.8 Å². The summed E-state index contributed by atoms with van der Waals surface area (Å²) in [6, 6.07) is 31.1. The van der Waals surface area contributed by atoms with Crippen molar-refractivity contribution < 1.29 is 19.2 Å². The second-order valence-corrected chi connectivity index (χ2v) is 16.4. The van der Waals surface area contributed by atoms with E-state index in [1.807, 2.05) is 71.6 Å². The number of nitrogens with zero attached hydrogens (tertiary/aromatic N) is 3. The molecule has 4 aliphatic rings. The van der Waals surface area contributed by atoms with Crippen molar-refractivity contribution in [2.24, 2.45) is 5.73 Å². The zero-order valence-electron chi connectivity index (χ0n) is 33.1. The number of aryl methyl sites for hydroxylation is 2. The molecular weight excluding hydrogens is 711 g/mol. The molecule has 4 aromatic rings. The summed E-state index contributed by atoms with van der Waals surface area (Å²) >= 11 is 0. The van der Waals surface area contributed by atoms with Gasteiger partial charge in [-0.2, -0.15) is 0 Å². The predicted octanol–water partition coefficient (Wildman–Crippen LogP) is 6.89. The van der Waals surface area contributed by atoms with Gasteiger partial charge in [0.1, 0.15) is 30.9 Å². The summed E-state index contributed by atoms with van der Waals surface area (Å²) < 4.78 is 0.275. The van der Waals surface area contributed by atoms with E-state index in [1.165, 1.54) is 5.56 Å². The van der Waals surface area contributed by atoms with E-state index in [4.69, 9.17) is 5.73 Å².